The number of nitrogens with zero attached hydrogens (tertiary/aromatic N) is 1. The van der Waals surface area contributed by atoms with Crippen molar-refractivity contribution in [3.8, 4) is 0 Å². The minimum Gasteiger partial charge on any atom is -0.459 e. The number of carbonyl (C=O) groups is 1. The Labute approximate surface area is 141 Å². The first-order valence-electron chi connectivity index (χ1n) is 6.85. The molecule has 5 nitrogen and oxygen atoms in total. The molecule has 1 aromatic carbocycles. The molecule has 1 atom stereocenters. The first kappa shape index (κ1) is 21.3. The lowest BCUT2D eigenvalue weighted by molar-refractivity contribution is -0.158. The molecule has 0 bridgehead atoms. The van der Waals surface area contributed by atoms with E-state index in [1.165, 1.54) is 20.8 Å². The Bertz CT molecular complexity index is 775. The van der Waals surface area contributed by atoms with E-state index in [2.05, 4.69) is 0 Å². The quantitative estimate of drug-likeness (QED) is 0.344. The highest BCUT2D eigenvalue weighted by Gasteiger charge is 2.39. The Morgan fingerprint density at radius 1 is 0.960 bits per heavy atom. The van der Waals surface area contributed by atoms with Crippen LogP contribution in [0, 0.1) is 29.1 Å². The highest BCUT2D eigenvalue weighted by molar-refractivity contribution is 7.89. The van der Waals surface area contributed by atoms with Crippen LogP contribution in [0.2, 0.25) is 0 Å². The molecule has 0 radical (unpaired) electrons. The Hall–Kier alpha value is -1.75. The fraction of sp³-hybridized carbons (Fsp3) is 0.500. The summed E-state index contributed by atoms with van der Waals surface area (Å²) in [5.74, 6) is -13.4. The number of ether oxygens (including phenoxy) is 1. The van der Waals surface area contributed by atoms with E-state index in [4.69, 9.17) is 4.74 Å². The molecule has 0 saturated carbocycles. The molecule has 1 unspecified atom stereocenters. The van der Waals surface area contributed by atoms with E-state index in [9.17, 15) is 35.2 Å². The van der Waals surface area contributed by atoms with Gasteiger partial charge in [-0.05, 0) is 27.7 Å². The molecule has 0 saturated heterocycles. The summed E-state index contributed by atoms with van der Waals surface area (Å²) >= 11 is 0. The summed E-state index contributed by atoms with van der Waals surface area (Å²) in [6.07, 6.45) is 0. The van der Waals surface area contributed by atoms with Crippen LogP contribution < -0.4 is 0 Å². The summed E-state index contributed by atoms with van der Waals surface area (Å²) in [7, 11) is -4.47. The van der Waals surface area contributed by atoms with Crippen molar-refractivity contribution in [1.82, 2.24) is 4.31 Å². The van der Waals surface area contributed by atoms with Crippen molar-refractivity contribution in [2.45, 2.75) is 44.2 Å². The van der Waals surface area contributed by atoms with E-state index < -0.39 is 61.6 Å². The maximum Gasteiger partial charge on any atom is 0.324 e. The van der Waals surface area contributed by atoms with Crippen LogP contribution in [0.3, 0.4) is 0 Å². The fourth-order valence-corrected chi connectivity index (χ4v) is 3.12. The summed E-state index contributed by atoms with van der Waals surface area (Å²) in [4.78, 5) is 9.87. The van der Waals surface area contributed by atoms with Gasteiger partial charge in [0.05, 0.1) is 0 Å². The molecule has 0 aliphatic rings. The minimum absolute atomic E-state index is 0.166. The first-order valence-corrected chi connectivity index (χ1v) is 8.29. The number of hydrogen-bond acceptors (Lipinski definition) is 4. The predicted octanol–water partition coefficient (Wildman–Crippen LogP) is 2.73. The van der Waals surface area contributed by atoms with Gasteiger partial charge in [0.15, 0.2) is 28.2 Å². The number of sulfonamides is 1. The van der Waals surface area contributed by atoms with Gasteiger partial charge in [0.2, 0.25) is 15.8 Å². The van der Waals surface area contributed by atoms with Crippen LogP contribution in [-0.4, -0.2) is 37.4 Å². The Kier molecular flexibility index (Phi) is 5.85. The van der Waals surface area contributed by atoms with Crippen molar-refractivity contribution in [3.63, 3.8) is 0 Å². The van der Waals surface area contributed by atoms with Gasteiger partial charge in [-0.25, -0.2) is 30.4 Å². The summed E-state index contributed by atoms with van der Waals surface area (Å²) in [6.45, 7) is 5.53. The van der Waals surface area contributed by atoms with Crippen LogP contribution >= 0.6 is 0 Å². The number of likely N-dealkylation sites (N-methyl/N-ethyl adjacent to an activating group) is 1. The molecule has 0 amide bonds. The molecule has 1 rings (SSSR count). The molecular weight excluding hydrogens is 373 g/mol. The molecule has 0 fully saturated rings. The maximum absolute atomic E-state index is 13.8. The molecule has 0 heterocycles. The lowest BCUT2D eigenvalue weighted by atomic mass is 10.2. The summed E-state index contributed by atoms with van der Waals surface area (Å²) in [5, 5.41) is 0. The topological polar surface area (TPSA) is 63.7 Å². The van der Waals surface area contributed by atoms with Gasteiger partial charge in [0, 0.05) is 7.05 Å². The second kappa shape index (κ2) is 6.87. The van der Waals surface area contributed by atoms with E-state index in [0.717, 1.165) is 14.0 Å². The monoisotopic (exact) mass is 389 g/mol. The highest BCUT2D eigenvalue weighted by Crippen LogP contribution is 2.29. The molecule has 11 heteroatoms. The van der Waals surface area contributed by atoms with Crippen LogP contribution in [0.15, 0.2) is 4.90 Å². The normalized spacial score (nSPS) is 13.9. The average molecular weight is 389 g/mol. The molecule has 0 aliphatic carbocycles. The van der Waals surface area contributed by atoms with Gasteiger partial charge in [-0.15, -0.1) is 0 Å². The molecular formula is C14H16F5NO4S. The summed E-state index contributed by atoms with van der Waals surface area (Å²) in [5.41, 5.74) is -0.986. The van der Waals surface area contributed by atoms with E-state index in [-0.39, 0.29) is 4.31 Å². The lowest BCUT2D eigenvalue weighted by Gasteiger charge is -2.27. The van der Waals surface area contributed by atoms with E-state index in [1.807, 2.05) is 0 Å². The van der Waals surface area contributed by atoms with E-state index in [0.29, 0.717) is 0 Å². The van der Waals surface area contributed by atoms with Gasteiger partial charge < -0.3 is 4.74 Å². The van der Waals surface area contributed by atoms with Crippen molar-refractivity contribution in [1.29, 1.82) is 0 Å². The number of rotatable bonds is 4. The molecule has 25 heavy (non-hydrogen) atoms. The van der Waals surface area contributed by atoms with Crippen LogP contribution in [0.25, 0.3) is 0 Å². The number of carbonyl (C=O) groups excluding carboxylic acids is 1. The van der Waals surface area contributed by atoms with E-state index >= 15 is 0 Å². The second-order valence-electron chi connectivity index (χ2n) is 6.13. The van der Waals surface area contributed by atoms with Crippen LogP contribution in [-0.2, 0) is 19.6 Å². The number of hydrogen-bond donors (Lipinski definition) is 0. The van der Waals surface area contributed by atoms with Gasteiger partial charge in [-0.2, -0.15) is 4.31 Å². The van der Waals surface area contributed by atoms with Gasteiger partial charge in [0.25, 0.3) is 0 Å². The molecule has 0 aliphatic heterocycles. The third kappa shape index (κ3) is 4.09. The minimum atomic E-state index is -5.23. The fourth-order valence-electron chi connectivity index (χ4n) is 1.70. The molecule has 0 spiro atoms. The zero-order valence-electron chi connectivity index (χ0n) is 14.0. The van der Waals surface area contributed by atoms with Crippen molar-refractivity contribution in [3.05, 3.63) is 29.1 Å². The van der Waals surface area contributed by atoms with E-state index in [1.54, 1.807) is 0 Å². The van der Waals surface area contributed by atoms with Crippen LogP contribution in [0.1, 0.15) is 27.7 Å². The SMILES string of the molecule is CC(C(=O)OC(C)(C)C)N(C)S(=O)(=O)c1c(F)c(F)c(F)c(F)c1F. The molecule has 0 N–H and O–H groups in total. The van der Waals surface area contributed by atoms with Gasteiger partial charge in [0.1, 0.15) is 11.6 Å². The zero-order valence-corrected chi connectivity index (χ0v) is 14.8. The van der Waals surface area contributed by atoms with Crippen molar-refractivity contribution in [2.75, 3.05) is 7.05 Å². The smallest absolute Gasteiger partial charge is 0.324 e. The van der Waals surface area contributed by atoms with Gasteiger partial charge in [-0.3, -0.25) is 4.79 Å². The molecule has 1 aromatic rings. The van der Waals surface area contributed by atoms with Crippen LogP contribution in [0.5, 0.6) is 0 Å². The number of halogens is 5. The predicted molar refractivity (Wildman–Crippen MR) is 76.5 cm³/mol. The summed E-state index contributed by atoms with van der Waals surface area (Å²) in [6, 6.07) is -1.58. The van der Waals surface area contributed by atoms with Crippen LogP contribution in [0.4, 0.5) is 22.0 Å². The Morgan fingerprint density at radius 2 is 1.32 bits per heavy atom. The number of benzene rings is 1. The Balaban J connectivity index is 3.41. The zero-order chi connectivity index (χ0) is 19.9. The second-order valence-corrected chi connectivity index (χ2v) is 8.06. The standard InChI is InChI=1S/C14H16F5NO4S/c1-6(13(21)24-14(2,3)4)20(5)25(22,23)12-10(18)8(16)7(15)9(17)11(12)19/h6H,1-5H3. The lowest BCUT2D eigenvalue weighted by Crippen LogP contribution is -2.44. The first-order chi connectivity index (χ1) is 11.1. The highest BCUT2D eigenvalue weighted by atomic mass is 32.2. The van der Waals surface area contributed by atoms with Crippen molar-refractivity contribution in [2.24, 2.45) is 0 Å². The largest absolute Gasteiger partial charge is 0.459 e. The van der Waals surface area contributed by atoms with Gasteiger partial charge >= 0.3 is 5.97 Å². The number of esters is 1. The molecule has 0 aromatic heterocycles. The average Bonchev–Trinajstić information content (AvgIpc) is 2.47. The molecule has 142 valence electrons. The third-order valence-corrected chi connectivity index (χ3v) is 5.05. The van der Waals surface area contributed by atoms with Crippen molar-refractivity contribution >= 4 is 16.0 Å². The maximum atomic E-state index is 13.8. The van der Waals surface area contributed by atoms with Crippen molar-refractivity contribution < 1.29 is 39.9 Å². The Morgan fingerprint density at radius 3 is 1.68 bits per heavy atom. The summed E-state index contributed by atoms with van der Waals surface area (Å²) < 4.78 is 96.7. The third-order valence-electron chi connectivity index (χ3n) is 3.10. The van der Waals surface area contributed by atoms with Gasteiger partial charge in [-0.1, -0.05) is 0 Å².